The van der Waals surface area contributed by atoms with Gasteiger partial charge in [-0.1, -0.05) is 19.9 Å². The maximum atomic E-state index is 13.0. The summed E-state index contributed by atoms with van der Waals surface area (Å²) in [6.45, 7) is 3.65. The maximum absolute atomic E-state index is 13.0. The number of methoxy groups -OCH3 is 2. The van der Waals surface area contributed by atoms with Gasteiger partial charge in [0.1, 0.15) is 17.1 Å². The number of nitrogens with one attached hydrogen (secondary N) is 1. The van der Waals surface area contributed by atoms with Gasteiger partial charge in [-0.05, 0) is 24.5 Å². The summed E-state index contributed by atoms with van der Waals surface area (Å²) < 4.78 is 36.3. The number of carbonyl (C=O) groups excluding carboxylic acids is 1. The van der Waals surface area contributed by atoms with Crippen LogP contribution in [0.15, 0.2) is 18.2 Å². The molecule has 21 heavy (non-hydrogen) atoms. The van der Waals surface area contributed by atoms with Crippen molar-refractivity contribution in [1.29, 1.82) is 0 Å². The van der Waals surface area contributed by atoms with E-state index in [4.69, 9.17) is 9.47 Å². The van der Waals surface area contributed by atoms with Crippen LogP contribution >= 0.6 is 0 Å². The van der Waals surface area contributed by atoms with Gasteiger partial charge >= 0.3 is 7.27 Å². The molecule has 1 aromatic carbocycles. The minimum atomic E-state index is -2.63. The molecule has 1 aromatic rings. The van der Waals surface area contributed by atoms with E-state index in [2.05, 4.69) is 5.32 Å². The molecule has 1 atom stereocenters. The van der Waals surface area contributed by atoms with Crippen LogP contribution in [0.25, 0.3) is 0 Å². The van der Waals surface area contributed by atoms with E-state index < -0.39 is 19.1 Å². The second kappa shape index (κ2) is 7.85. The minimum absolute atomic E-state index is 0.0452. The van der Waals surface area contributed by atoms with Gasteiger partial charge in [0, 0.05) is 0 Å². The monoisotopic (exact) mass is 299 g/mol. The zero-order chi connectivity index (χ0) is 16.0. The third-order valence-electron chi connectivity index (χ3n) is 3.00. The van der Waals surface area contributed by atoms with E-state index in [1.807, 2.05) is 13.8 Å². The van der Waals surface area contributed by atoms with Gasteiger partial charge in [-0.25, -0.2) is 0 Å². The summed E-state index contributed by atoms with van der Waals surface area (Å²) in [6.07, 6.45) is 0.195. The van der Waals surface area contributed by atoms with Crippen LogP contribution in [0.3, 0.4) is 0 Å². The summed E-state index contributed by atoms with van der Waals surface area (Å²) >= 11 is 0. The van der Waals surface area contributed by atoms with Gasteiger partial charge in [-0.15, -0.1) is 0 Å². The highest BCUT2D eigenvalue weighted by Gasteiger charge is 2.31. The molecule has 7 heteroatoms. The molecule has 0 aliphatic rings. The fourth-order valence-electron chi connectivity index (χ4n) is 2.05. The lowest BCUT2D eigenvalue weighted by Crippen LogP contribution is -2.43. The fraction of sp³-hybridized carbons (Fsp3) is 0.500. The van der Waals surface area contributed by atoms with E-state index in [1.54, 1.807) is 18.2 Å². The van der Waals surface area contributed by atoms with Gasteiger partial charge in [0.2, 0.25) is 0 Å². The Labute approximate surface area is 124 Å². The van der Waals surface area contributed by atoms with Crippen molar-refractivity contribution in [3.63, 3.8) is 0 Å². The number of ether oxygens (including phenoxy) is 2. The van der Waals surface area contributed by atoms with E-state index in [-0.39, 0.29) is 29.4 Å². The molecule has 0 unspecified atom stereocenters. The lowest BCUT2D eigenvalue weighted by molar-refractivity contribution is 0.0935. The molecule has 0 radical (unpaired) electrons. The molecule has 0 aromatic heterocycles. The number of hydrogen-bond donors (Lipinski definition) is 1. The molecule has 0 aliphatic carbocycles. The lowest BCUT2D eigenvalue weighted by Gasteiger charge is -2.19. The molecule has 0 spiro atoms. The van der Waals surface area contributed by atoms with Crippen LogP contribution in [-0.4, -0.2) is 33.3 Å². The van der Waals surface area contributed by atoms with Crippen molar-refractivity contribution >= 4 is 13.2 Å². The molecule has 1 amide bonds. The first-order chi connectivity index (χ1) is 9.90. The predicted octanol–water partition coefficient (Wildman–Crippen LogP) is 2.81. The second-order valence-corrected chi connectivity index (χ2v) is 5.08. The Morgan fingerprint density at radius 2 is 1.76 bits per heavy atom. The number of hydrogen-bond acceptors (Lipinski definition) is 3. The average molecular weight is 299 g/mol. The third kappa shape index (κ3) is 4.61. The van der Waals surface area contributed by atoms with Gasteiger partial charge < -0.3 is 14.8 Å². The summed E-state index contributed by atoms with van der Waals surface area (Å²) in [7, 11) is 0.186. The van der Waals surface area contributed by atoms with Crippen LogP contribution in [0.5, 0.6) is 11.5 Å². The fourth-order valence-corrected chi connectivity index (χ4v) is 2.05. The highest BCUT2D eigenvalue weighted by molar-refractivity contribution is 6.45. The average Bonchev–Trinajstić information content (AvgIpc) is 2.44. The van der Waals surface area contributed by atoms with Crippen molar-refractivity contribution in [2.75, 3.05) is 14.2 Å². The van der Waals surface area contributed by atoms with Gasteiger partial charge in [0.05, 0.1) is 20.2 Å². The normalized spacial score (nSPS) is 12.0. The summed E-state index contributed by atoms with van der Waals surface area (Å²) in [6, 6.07) is 4.82. The molecule has 1 rings (SSSR count). The highest BCUT2D eigenvalue weighted by Crippen LogP contribution is 2.28. The van der Waals surface area contributed by atoms with Gasteiger partial charge in [0.15, 0.2) is 0 Å². The van der Waals surface area contributed by atoms with Crippen molar-refractivity contribution in [1.82, 2.24) is 5.32 Å². The maximum Gasteiger partial charge on any atom is 0.559 e. The van der Waals surface area contributed by atoms with E-state index in [9.17, 15) is 13.4 Å². The third-order valence-corrected chi connectivity index (χ3v) is 3.00. The molecular formula is C14H20BF2NO3. The van der Waals surface area contributed by atoms with E-state index in [0.29, 0.717) is 0 Å². The standard InChI is InChI=1S/C14H20BF2NO3/c1-9(2)8-12(15(16)17)18-14(19)13-10(20-3)6-5-7-11(13)21-4/h5-7,9,12H,8H2,1-4H3,(H,18,19)/t12-/m0/s1. The van der Waals surface area contributed by atoms with Crippen LogP contribution < -0.4 is 14.8 Å². The Bertz CT molecular complexity index is 461. The largest absolute Gasteiger partial charge is 0.559 e. The van der Waals surface area contributed by atoms with Crippen molar-refractivity contribution in [2.24, 2.45) is 5.92 Å². The molecule has 0 saturated carbocycles. The Morgan fingerprint density at radius 3 is 2.14 bits per heavy atom. The number of amides is 1. The topological polar surface area (TPSA) is 47.6 Å². The van der Waals surface area contributed by atoms with Crippen LogP contribution in [0.1, 0.15) is 30.6 Å². The highest BCUT2D eigenvalue weighted by atomic mass is 19.2. The summed E-state index contributed by atoms with van der Waals surface area (Å²) in [5.41, 5.74) is 0.122. The molecule has 116 valence electrons. The first kappa shape index (κ1) is 17.3. The van der Waals surface area contributed by atoms with E-state index in [0.717, 1.165) is 0 Å². The first-order valence-corrected chi connectivity index (χ1v) is 6.70. The number of carbonyl (C=O) groups is 1. The van der Waals surface area contributed by atoms with Crippen LogP contribution in [0.4, 0.5) is 8.63 Å². The van der Waals surface area contributed by atoms with Gasteiger partial charge in [-0.2, -0.15) is 0 Å². The first-order valence-electron chi connectivity index (χ1n) is 6.70. The number of benzene rings is 1. The van der Waals surface area contributed by atoms with Crippen molar-refractivity contribution in [3.8, 4) is 11.5 Å². The molecule has 1 N–H and O–H groups in total. The number of rotatable bonds is 7. The Morgan fingerprint density at radius 1 is 1.24 bits per heavy atom. The smallest absolute Gasteiger partial charge is 0.496 e. The summed E-state index contributed by atoms with van der Waals surface area (Å²) in [4.78, 5) is 12.3. The molecule has 0 bridgehead atoms. The van der Waals surface area contributed by atoms with E-state index in [1.165, 1.54) is 14.2 Å². The molecule has 0 fully saturated rings. The van der Waals surface area contributed by atoms with Crippen LogP contribution in [-0.2, 0) is 0 Å². The van der Waals surface area contributed by atoms with Crippen LogP contribution in [0, 0.1) is 5.92 Å². The van der Waals surface area contributed by atoms with Crippen molar-refractivity contribution in [2.45, 2.75) is 26.2 Å². The van der Waals surface area contributed by atoms with E-state index >= 15 is 0 Å². The molecule has 0 heterocycles. The Balaban J connectivity index is 3.02. The number of halogens is 2. The predicted molar refractivity (Wildman–Crippen MR) is 78.2 cm³/mol. The zero-order valence-corrected chi connectivity index (χ0v) is 12.7. The summed E-state index contributed by atoms with van der Waals surface area (Å²) in [5.74, 6) is -1.22. The van der Waals surface area contributed by atoms with Crippen molar-refractivity contribution in [3.05, 3.63) is 23.8 Å². The van der Waals surface area contributed by atoms with Crippen LogP contribution in [0.2, 0.25) is 0 Å². The molecular weight excluding hydrogens is 279 g/mol. The minimum Gasteiger partial charge on any atom is -0.496 e. The molecule has 4 nitrogen and oxygen atoms in total. The summed E-state index contributed by atoms with van der Waals surface area (Å²) in [5, 5.41) is 2.36. The Hall–Kier alpha value is -1.79. The van der Waals surface area contributed by atoms with Crippen molar-refractivity contribution < 1.29 is 22.9 Å². The zero-order valence-electron chi connectivity index (χ0n) is 12.7. The second-order valence-electron chi connectivity index (χ2n) is 5.08. The quantitative estimate of drug-likeness (QED) is 0.788. The lowest BCUT2D eigenvalue weighted by atomic mass is 9.79. The SMILES string of the molecule is COc1cccc(OC)c1C(=O)N[C@@H](CC(C)C)B(F)F. The molecule has 0 aliphatic heterocycles. The molecule has 0 saturated heterocycles. The van der Waals surface area contributed by atoms with Gasteiger partial charge in [0.25, 0.3) is 5.91 Å². The van der Waals surface area contributed by atoms with Gasteiger partial charge in [-0.3, -0.25) is 13.4 Å². The Kier molecular flexibility index (Phi) is 6.46.